The lowest BCUT2D eigenvalue weighted by Crippen LogP contribution is -2.44. The fourth-order valence-corrected chi connectivity index (χ4v) is 2.57. The molecule has 4 heteroatoms. The minimum Gasteiger partial charge on any atom is -0.380 e. The molecule has 1 aliphatic rings. The van der Waals surface area contributed by atoms with Gasteiger partial charge in [0.15, 0.2) is 0 Å². The Hall–Kier alpha value is -1.06. The van der Waals surface area contributed by atoms with Crippen LogP contribution in [0.25, 0.3) is 0 Å². The molecule has 1 fully saturated rings. The number of nitrogens with two attached hydrogens (primary N) is 1. The first kappa shape index (κ1) is 14.4. The van der Waals surface area contributed by atoms with Crippen LogP contribution in [-0.4, -0.2) is 16.6 Å². The fourth-order valence-electron chi connectivity index (χ4n) is 2.44. The van der Waals surface area contributed by atoms with Crippen molar-refractivity contribution in [2.75, 3.05) is 0 Å². The molecule has 0 aliphatic heterocycles. The molecule has 3 N–H and O–H groups in total. The van der Waals surface area contributed by atoms with Crippen molar-refractivity contribution in [3.63, 3.8) is 0 Å². The molecular formula is C15H19ClNO2. The van der Waals surface area contributed by atoms with Crippen LogP contribution in [-0.2, 0) is 10.2 Å². The van der Waals surface area contributed by atoms with Crippen LogP contribution in [0.1, 0.15) is 38.2 Å². The Morgan fingerprint density at radius 1 is 1.47 bits per heavy atom. The molecule has 1 saturated carbocycles. The average molecular weight is 281 g/mol. The van der Waals surface area contributed by atoms with Gasteiger partial charge in [0.25, 0.3) is 0 Å². The predicted octanol–water partition coefficient (Wildman–Crippen LogP) is 2.59. The normalized spacial score (nSPS) is 20.4. The molecule has 3 nitrogen and oxygen atoms in total. The van der Waals surface area contributed by atoms with Crippen LogP contribution in [0.15, 0.2) is 24.3 Å². The maximum atomic E-state index is 11.2. The molecule has 1 unspecified atom stereocenters. The first-order chi connectivity index (χ1) is 8.86. The highest BCUT2D eigenvalue weighted by atomic mass is 35.5. The first-order valence-electron chi connectivity index (χ1n) is 6.48. The topological polar surface area (TPSA) is 63.3 Å². The number of rotatable bonds is 5. The Morgan fingerprint density at radius 2 is 2.05 bits per heavy atom. The van der Waals surface area contributed by atoms with Crippen LogP contribution in [0.5, 0.6) is 0 Å². The third kappa shape index (κ3) is 2.93. The molecule has 0 spiro atoms. The molecule has 0 saturated heterocycles. The van der Waals surface area contributed by atoms with Gasteiger partial charge in [-0.25, -0.2) is 0 Å². The molecule has 1 aromatic rings. The SMILES string of the molecule is CC(O)(C[CH]C1(c2ccc(Cl)cc2)CCC1)C(N)=O. The lowest BCUT2D eigenvalue weighted by atomic mass is 9.61. The Bertz CT molecular complexity index is 464. The van der Waals surface area contributed by atoms with Gasteiger partial charge in [0, 0.05) is 5.02 Å². The van der Waals surface area contributed by atoms with Gasteiger partial charge in [-0.1, -0.05) is 30.2 Å². The van der Waals surface area contributed by atoms with Crippen LogP contribution >= 0.6 is 11.6 Å². The Morgan fingerprint density at radius 3 is 2.47 bits per heavy atom. The quantitative estimate of drug-likeness (QED) is 0.871. The van der Waals surface area contributed by atoms with Crippen molar-refractivity contribution in [1.29, 1.82) is 0 Å². The summed E-state index contributed by atoms with van der Waals surface area (Å²) in [6, 6.07) is 7.77. The molecule has 103 valence electrons. The van der Waals surface area contributed by atoms with Crippen LogP contribution in [0, 0.1) is 6.42 Å². The van der Waals surface area contributed by atoms with E-state index in [0.29, 0.717) is 5.02 Å². The molecule has 0 heterocycles. The van der Waals surface area contributed by atoms with E-state index in [0.717, 1.165) is 19.3 Å². The van der Waals surface area contributed by atoms with Crippen molar-refractivity contribution in [3.05, 3.63) is 41.3 Å². The smallest absolute Gasteiger partial charge is 0.249 e. The number of amides is 1. The molecule has 1 aliphatic carbocycles. The lowest BCUT2D eigenvalue weighted by molar-refractivity contribution is -0.134. The first-order valence-corrected chi connectivity index (χ1v) is 6.86. The Balaban J connectivity index is 2.11. The second-order valence-corrected chi connectivity index (χ2v) is 6.00. The Kier molecular flexibility index (Phi) is 3.88. The summed E-state index contributed by atoms with van der Waals surface area (Å²) >= 11 is 5.90. The molecular weight excluding hydrogens is 262 g/mol. The van der Waals surface area contributed by atoms with E-state index in [1.54, 1.807) is 0 Å². The van der Waals surface area contributed by atoms with E-state index in [9.17, 15) is 9.90 Å². The van der Waals surface area contributed by atoms with Crippen LogP contribution in [0.4, 0.5) is 0 Å². The summed E-state index contributed by atoms with van der Waals surface area (Å²) in [6.07, 6.45) is 5.51. The summed E-state index contributed by atoms with van der Waals surface area (Å²) in [6.45, 7) is 1.46. The van der Waals surface area contributed by atoms with Gasteiger partial charge in [-0.3, -0.25) is 4.79 Å². The largest absolute Gasteiger partial charge is 0.380 e. The number of primary amides is 1. The highest BCUT2D eigenvalue weighted by molar-refractivity contribution is 6.30. The van der Waals surface area contributed by atoms with Crippen molar-refractivity contribution in [2.24, 2.45) is 5.73 Å². The minimum atomic E-state index is -1.48. The maximum absolute atomic E-state index is 11.2. The van der Waals surface area contributed by atoms with E-state index in [4.69, 9.17) is 17.3 Å². The second kappa shape index (κ2) is 5.14. The summed E-state index contributed by atoms with van der Waals surface area (Å²) in [5.74, 6) is -0.686. The molecule has 1 amide bonds. The van der Waals surface area contributed by atoms with Crippen LogP contribution in [0.2, 0.25) is 5.02 Å². The highest BCUT2D eigenvalue weighted by Crippen LogP contribution is 2.47. The van der Waals surface area contributed by atoms with Gasteiger partial charge in [0.05, 0.1) is 0 Å². The van der Waals surface area contributed by atoms with E-state index in [-0.39, 0.29) is 11.8 Å². The number of hydrogen-bond donors (Lipinski definition) is 2. The fraction of sp³-hybridized carbons (Fsp3) is 0.467. The summed E-state index contributed by atoms with van der Waals surface area (Å²) in [7, 11) is 0. The van der Waals surface area contributed by atoms with Crippen LogP contribution < -0.4 is 5.73 Å². The zero-order valence-corrected chi connectivity index (χ0v) is 11.8. The van der Waals surface area contributed by atoms with Gasteiger partial charge in [0.1, 0.15) is 5.60 Å². The molecule has 0 bridgehead atoms. The van der Waals surface area contributed by atoms with Gasteiger partial charge >= 0.3 is 0 Å². The number of carbonyl (C=O) groups excluding carboxylic acids is 1. The van der Waals surface area contributed by atoms with Gasteiger partial charge < -0.3 is 10.8 Å². The zero-order chi connectivity index (χ0) is 14.1. The van der Waals surface area contributed by atoms with E-state index in [1.807, 2.05) is 30.7 Å². The summed E-state index contributed by atoms with van der Waals surface area (Å²) in [4.78, 5) is 11.2. The van der Waals surface area contributed by atoms with Gasteiger partial charge in [-0.15, -0.1) is 0 Å². The molecule has 1 aromatic carbocycles. The third-order valence-corrected chi connectivity index (χ3v) is 4.34. The third-order valence-electron chi connectivity index (χ3n) is 4.09. The molecule has 1 atom stereocenters. The van der Waals surface area contributed by atoms with Crippen LogP contribution in [0.3, 0.4) is 0 Å². The van der Waals surface area contributed by atoms with Crippen molar-refractivity contribution < 1.29 is 9.90 Å². The monoisotopic (exact) mass is 280 g/mol. The van der Waals surface area contributed by atoms with Gasteiger partial charge in [-0.05, 0) is 55.7 Å². The summed E-state index contributed by atoms with van der Waals surface area (Å²) in [5.41, 5.74) is 4.85. The second-order valence-electron chi connectivity index (χ2n) is 5.56. The number of benzene rings is 1. The number of halogens is 1. The molecule has 1 radical (unpaired) electrons. The highest BCUT2D eigenvalue weighted by Gasteiger charge is 2.41. The maximum Gasteiger partial charge on any atom is 0.249 e. The number of aliphatic hydroxyl groups is 1. The van der Waals surface area contributed by atoms with Gasteiger partial charge in [-0.2, -0.15) is 0 Å². The molecule has 0 aromatic heterocycles. The Labute approximate surface area is 118 Å². The zero-order valence-electron chi connectivity index (χ0n) is 11.0. The summed E-state index contributed by atoms with van der Waals surface area (Å²) < 4.78 is 0. The van der Waals surface area contributed by atoms with E-state index < -0.39 is 11.5 Å². The molecule has 2 rings (SSSR count). The standard InChI is InChI=1S/C15H19ClNO2/c1-14(19,13(17)18)9-10-15(7-2-8-15)11-3-5-12(16)6-4-11/h3-6,10,19H,2,7-9H2,1H3,(H2,17,18). The number of carbonyl (C=O) groups is 1. The van der Waals surface area contributed by atoms with Crippen molar-refractivity contribution in [1.82, 2.24) is 0 Å². The minimum absolute atomic E-state index is 0.0516. The van der Waals surface area contributed by atoms with Gasteiger partial charge in [0.2, 0.25) is 5.91 Å². The molecule has 19 heavy (non-hydrogen) atoms. The average Bonchev–Trinajstić information content (AvgIpc) is 2.29. The van der Waals surface area contributed by atoms with E-state index in [2.05, 4.69) is 0 Å². The van der Waals surface area contributed by atoms with E-state index in [1.165, 1.54) is 12.5 Å². The van der Waals surface area contributed by atoms with E-state index >= 15 is 0 Å². The van der Waals surface area contributed by atoms with Crippen molar-refractivity contribution in [3.8, 4) is 0 Å². The summed E-state index contributed by atoms with van der Waals surface area (Å²) in [5, 5.41) is 10.6. The van der Waals surface area contributed by atoms with Crippen molar-refractivity contribution in [2.45, 2.75) is 43.6 Å². The predicted molar refractivity (Wildman–Crippen MR) is 75.7 cm³/mol. The lowest BCUT2D eigenvalue weighted by Gasteiger charge is -2.43. The number of hydrogen-bond acceptors (Lipinski definition) is 2. The van der Waals surface area contributed by atoms with Crippen molar-refractivity contribution >= 4 is 17.5 Å².